The molecule has 2 aliphatic rings. The lowest BCUT2D eigenvalue weighted by atomic mass is 9.84. The molecule has 116 valence electrons. The molecule has 0 bridgehead atoms. The van der Waals surface area contributed by atoms with E-state index in [1.165, 1.54) is 11.8 Å². The summed E-state index contributed by atoms with van der Waals surface area (Å²) in [7, 11) is 0. The van der Waals surface area contributed by atoms with Crippen molar-refractivity contribution in [2.75, 3.05) is 13.1 Å². The minimum absolute atomic E-state index is 0.196. The van der Waals surface area contributed by atoms with Crippen molar-refractivity contribution in [3.05, 3.63) is 23.8 Å². The summed E-state index contributed by atoms with van der Waals surface area (Å²) in [4.78, 5) is 13.8. The van der Waals surface area contributed by atoms with Gasteiger partial charge in [-0.1, -0.05) is 18.2 Å². The third-order valence-corrected chi connectivity index (χ3v) is 3.99. The second-order valence-corrected chi connectivity index (χ2v) is 6.87. The van der Waals surface area contributed by atoms with Crippen LogP contribution >= 0.6 is 0 Å². The van der Waals surface area contributed by atoms with E-state index in [2.05, 4.69) is 18.2 Å². The van der Waals surface area contributed by atoms with Gasteiger partial charge in [-0.25, -0.2) is 4.79 Å². The highest BCUT2D eigenvalue weighted by atomic mass is 16.6. The molecule has 1 unspecified atom stereocenters. The van der Waals surface area contributed by atoms with Gasteiger partial charge in [0.05, 0.1) is 0 Å². The van der Waals surface area contributed by atoms with Crippen molar-refractivity contribution in [3.63, 3.8) is 0 Å². The van der Waals surface area contributed by atoms with E-state index in [0.717, 1.165) is 32.4 Å². The number of ether oxygens (including phenoxy) is 1. The maximum absolute atomic E-state index is 12.0. The zero-order valence-corrected chi connectivity index (χ0v) is 13.3. The molecule has 0 spiro atoms. The summed E-state index contributed by atoms with van der Waals surface area (Å²) < 4.78 is 5.42. The molecular formula is C17H26N2O2. The first-order valence-corrected chi connectivity index (χ1v) is 7.76. The van der Waals surface area contributed by atoms with Gasteiger partial charge in [-0.05, 0) is 51.5 Å². The van der Waals surface area contributed by atoms with Gasteiger partial charge in [0.2, 0.25) is 0 Å². The Hall–Kier alpha value is -1.58. The quantitative estimate of drug-likeness (QED) is 0.787. The highest BCUT2D eigenvalue weighted by Gasteiger charge is 2.28. The second-order valence-electron chi connectivity index (χ2n) is 6.87. The molecule has 1 saturated heterocycles. The molecule has 0 aromatic rings. The van der Waals surface area contributed by atoms with Gasteiger partial charge in [0, 0.05) is 25.2 Å². The summed E-state index contributed by atoms with van der Waals surface area (Å²) in [6, 6.07) is 0. The molecular weight excluding hydrogens is 264 g/mol. The van der Waals surface area contributed by atoms with Crippen LogP contribution in [0.15, 0.2) is 23.8 Å². The maximum Gasteiger partial charge on any atom is 0.410 e. The molecule has 2 rings (SSSR count). The van der Waals surface area contributed by atoms with Crippen LogP contribution in [-0.2, 0) is 4.74 Å². The standard InChI is InChI=1S/C17H26N2O2/c1-17(2,3)21-16(20)19-10-8-15(9-11-19)14-6-4-13(12-18)5-7-14/h4,6-7,12-13,15,18H,5,8-11H2,1-3H3. The first-order chi connectivity index (χ1) is 9.89. The van der Waals surface area contributed by atoms with Crippen molar-refractivity contribution in [1.29, 1.82) is 5.41 Å². The van der Waals surface area contributed by atoms with Crippen molar-refractivity contribution in [2.24, 2.45) is 11.8 Å². The van der Waals surface area contributed by atoms with Gasteiger partial charge in [0.25, 0.3) is 0 Å². The molecule has 0 saturated carbocycles. The van der Waals surface area contributed by atoms with Crippen LogP contribution in [0.4, 0.5) is 4.79 Å². The van der Waals surface area contributed by atoms with Crippen LogP contribution in [0.2, 0.25) is 0 Å². The van der Waals surface area contributed by atoms with Crippen LogP contribution in [-0.4, -0.2) is 35.9 Å². The molecule has 4 nitrogen and oxygen atoms in total. The Morgan fingerprint density at radius 2 is 2.05 bits per heavy atom. The van der Waals surface area contributed by atoms with Crippen LogP contribution in [0.5, 0.6) is 0 Å². The summed E-state index contributed by atoms with van der Waals surface area (Å²) in [5.74, 6) is 0.794. The Kier molecular flexibility index (Phi) is 4.86. The van der Waals surface area contributed by atoms with E-state index in [1.807, 2.05) is 25.7 Å². The first-order valence-electron chi connectivity index (χ1n) is 7.76. The Bertz CT molecular complexity index is 452. The number of piperidine rings is 1. The number of nitrogens with zero attached hydrogens (tertiary/aromatic N) is 1. The summed E-state index contributed by atoms with van der Waals surface area (Å²) in [5.41, 5.74) is 0.946. The largest absolute Gasteiger partial charge is 0.444 e. The van der Waals surface area contributed by atoms with Crippen LogP contribution in [0, 0.1) is 17.2 Å². The van der Waals surface area contributed by atoms with Crippen molar-refractivity contribution < 1.29 is 9.53 Å². The van der Waals surface area contributed by atoms with E-state index >= 15 is 0 Å². The summed E-state index contributed by atoms with van der Waals surface area (Å²) in [6.45, 7) is 7.22. The number of likely N-dealkylation sites (tertiary alicyclic amines) is 1. The van der Waals surface area contributed by atoms with Crippen molar-refractivity contribution in [2.45, 2.75) is 45.6 Å². The Morgan fingerprint density at radius 3 is 2.52 bits per heavy atom. The van der Waals surface area contributed by atoms with E-state index < -0.39 is 5.60 Å². The van der Waals surface area contributed by atoms with E-state index in [9.17, 15) is 4.79 Å². The van der Waals surface area contributed by atoms with Gasteiger partial charge in [-0.15, -0.1) is 0 Å². The molecule has 1 atom stereocenters. The Morgan fingerprint density at radius 1 is 1.38 bits per heavy atom. The molecule has 0 radical (unpaired) electrons. The number of hydrogen-bond acceptors (Lipinski definition) is 3. The first kappa shape index (κ1) is 15.8. The average molecular weight is 290 g/mol. The molecule has 0 aromatic heterocycles. The van der Waals surface area contributed by atoms with Gasteiger partial charge in [-0.2, -0.15) is 0 Å². The number of allylic oxidation sites excluding steroid dienone is 4. The van der Waals surface area contributed by atoms with Gasteiger partial charge < -0.3 is 15.0 Å². The summed E-state index contributed by atoms with van der Waals surface area (Å²) >= 11 is 0. The molecule has 1 amide bonds. The Labute approximate surface area is 127 Å². The monoisotopic (exact) mass is 290 g/mol. The third-order valence-electron chi connectivity index (χ3n) is 3.99. The summed E-state index contributed by atoms with van der Waals surface area (Å²) in [5, 5.41) is 7.29. The predicted octanol–water partition coefficient (Wildman–Crippen LogP) is 3.79. The zero-order valence-electron chi connectivity index (χ0n) is 13.3. The molecule has 1 fully saturated rings. The van der Waals surface area contributed by atoms with Crippen molar-refractivity contribution in [1.82, 2.24) is 4.90 Å². The van der Waals surface area contributed by atoms with Gasteiger partial charge in [-0.3, -0.25) is 0 Å². The maximum atomic E-state index is 12.0. The number of rotatable bonds is 2. The van der Waals surface area contributed by atoms with E-state index in [4.69, 9.17) is 10.1 Å². The third kappa shape index (κ3) is 4.45. The SMILES string of the molecule is CC(C)(C)OC(=O)N1CCC(C2=CCC(C=N)C=C2)CC1. The van der Waals surface area contributed by atoms with E-state index in [-0.39, 0.29) is 12.0 Å². The van der Waals surface area contributed by atoms with E-state index in [0.29, 0.717) is 5.92 Å². The van der Waals surface area contributed by atoms with E-state index in [1.54, 1.807) is 0 Å². The van der Waals surface area contributed by atoms with Gasteiger partial charge in [0.15, 0.2) is 0 Å². The Balaban J connectivity index is 1.84. The lowest BCUT2D eigenvalue weighted by molar-refractivity contribution is 0.0195. The van der Waals surface area contributed by atoms with Crippen LogP contribution in [0.3, 0.4) is 0 Å². The smallest absolute Gasteiger partial charge is 0.410 e. The fraction of sp³-hybridized carbons (Fsp3) is 0.647. The molecule has 0 aromatic carbocycles. The fourth-order valence-corrected chi connectivity index (χ4v) is 2.80. The molecule has 1 N–H and O–H groups in total. The highest BCUT2D eigenvalue weighted by Crippen LogP contribution is 2.29. The molecule has 4 heteroatoms. The zero-order chi connectivity index (χ0) is 15.5. The van der Waals surface area contributed by atoms with Crippen LogP contribution in [0.1, 0.15) is 40.0 Å². The highest BCUT2D eigenvalue weighted by molar-refractivity contribution is 5.68. The molecule has 1 aliphatic carbocycles. The summed E-state index contributed by atoms with van der Waals surface area (Å²) in [6.07, 6.45) is 10.7. The lowest BCUT2D eigenvalue weighted by Gasteiger charge is -2.34. The topological polar surface area (TPSA) is 53.4 Å². The fourth-order valence-electron chi connectivity index (χ4n) is 2.80. The number of carbonyl (C=O) groups excluding carboxylic acids is 1. The normalized spacial score (nSPS) is 23.7. The van der Waals surface area contributed by atoms with Crippen molar-refractivity contribution >= 4 is 12.3 Å². The number of nitrogens with one attached hydrogen (secondary N) is 1. The van der Waals surface area contributed by atoms with Crippen LogP contribution < -0.4 is 0 Å². The molecule has 1 aliphatic heterocycles. The number of carbonyl (C=O) groups is 1. The number of amides is 1. The number of hydrogen-bond donors (Lipinski definition) is 1. The molecule has 21 heavy (non-hydrogen) atoms. The van der Waals surface area contributed by atoms with Gasteiger partial charge in [0.1, 0.15) is 5.60 Å². The van der Waals surface area contributed by atoms with Gasteiger partial charge >= 0.3 is 6.09 Å². The molecule has 1 heterocycles. The predicted molar refractivity (Wildman–Crippen MR) is 84.6 cm³/mol. The second kappa shape index (κ2) is 6.46. The average Bonchev–Trinajstić information content (AvgIpc) is 2.46. The lowest BCUT2D eigenvalue weighted by Crippen LogP contribution is -2.42. The van der Waals surface area contributed by atoms with Crippen LogP contribution in [0.25, 0.3) is 0 Å². The minimum Gasteiger partial charge on any atom is -0.444 e. The minimum atomic E-state index is -0.426. The van der Waals surface area contributed by atoms with Crippen molar-refractivity contribution in [3.8, 4) is 0 Å².